The van der Waals surface area contributed by atoms with E-state index in [1.54, 1.807) is 36.4 Å². The minimum Gasteiger partial charge on any atom is -0.452 e. The van der Waals surface area contributed by atoms with Crippen LogP contribution in [-0.2, 0) is 20.7 Å². The van der Waals surface area contributed by atoms with Crippen LogP contribution in [0.25, 0.3) is 0 Å². The van der Waals surface area contributed by atoms with Gasteiger partial charge in [0, 0.05) is 21.3 Å². The smallest absolute Gasteiger partial charge is 0.311 e. The standard InChI is InChI=1S/C19H17Cl2NO4/c1-11(23)13-4-3-5-16(8-13)22-19(25)12(2)26-18(24)9-14-6-7-15(20)10-17(14)21/h3-8,10,12H,9H2,1-2H3,(H,22,25)/t12-/m1/s1. The maximum atomic E-state index is 12.2. The molecule has 1 N–H and O–H groups in total. The average molecular weight is 394 g/mol. The lowest BCUT2D eigenvalue weighted by atomic mass is 10.1. The van der Waals surface area contributed by atoms with Crippen LogP contribution in [0.15, 0.2) is 42.5 Å². The third-order valence-corrected chi connectivity index (χ3v) is 4.15. The van der Waals surface area contributed by atoms with Gasteiger partial charge in [0.2, 0.25) is 0 Å². The molecule has 0 aliphatic carbocycles. The first kappa shape index (κ1) is 19.9. The van der Waals surface area contributed by atoms with E-state index in [-0.39, 0.29) is 12.2 Å². The van der Waals surface area contributed by atoms with E-state index in [1.807, 2.05) is 0 Å². The molecule has 5 nitrogen and oxygen atoms in total. The quantitative estimate of drug-likeness (QED) is 0.586. The summed E-state index contributed by atoms with van der Waals surface area (Å²) < 4.78 is 5.14. The van der Waals surface area contributed by atoms with Gasteiger partial charge in [0.25, 0.3) is 5.91 Å². The Balaban J connectivity index is 1.94. The fraction of sp³-hybridized carbons (Fsp3) is 0.211. The van der Waals surface area contributed by atoms with Gasteiger partial charge in [-0.2, -0.15) is 0 Å². The molecule has 0 aromatic heterocycles. The van der Waals surface area contributed by atoms with E-state index < -0.39 is 18.0 Å². The summed E-state index contributed by atoms with van der Waals surface area (Å²) >= 11 is 11.8. The van der Waals surface area contributed by atoms with Crippen molar-refractivity contribution in [2.45, 2.75) is 26.4 Å². The van der Waals surface area contributed by atoms with Crippen LogP contribution in [-0.4, -0.2) is 23.8 Å². The van der Waals surface area contributed by atoms with Crippen LogP contribution in [0.2, 0.25) is 10.0 Å². The number of benzene rings is 2. The van der Waals surface area contributed by atoms with Crippen molar-refractivity contribution in [1.82, 2.24) is 0 Å². The third kappa shape index (κ3) is 5.58. The van der Waals surface area contributed by atoms with Crippen molar-refractivity contribution in [3.05, 3.63) is 63.6 Å². The van der Waals surface area contributed by atoms with Gasteiger partial charge in [0.15, 0.2) is 11.9 Å². The zero-order valence-electron chi connectivity index (χ0n) is 14.2. The molecule has 0 heterocycles. The van der Waals surface area contributed by atoms with Gasteiger partial charge in [-0.3, -0.25) is 14.4 Å². The molecule has 0 radical (unpaired) electrons. The van der Waals surface area contributed by atoms with E-state index in [9.17, 15) is 14.4 Å². The molecular formula is C19H17Cl2NO4. The third-order valence-electron chi connectivity index (χ3n) is 3.56. The van der Waals surface area contributed by atoms with Crippen molar-refractivity contribution in [3.63, 3.8) is 0 Å². The average Bonchev–Trinajstić information content (AvgIpc) is 2.57. The van der Waals surface area contributed by atoms with Crippen molar-refractivity contribution >= 4 is 46.5 Å². The summed E-state index contributed by atoms with van der Waals surface area (Å²) in [6.45, 7) is 2.90. The molecule has 0 spiro atoms. The molecule has 0 unspecified atom stereocenters. The fourth-order valence-corrected chi connectivity index (χ4v) is 2.65. The zero-order valence-corrected chi connectivity index (χ0v) is 15.7. The zero-order chi connectivity index (χ0) is 19.3. The summed E-state index contributed by atoms with van der Waals surface area (Å²) in [6.07, 6.45) is -1.08. The lowest BCUT2D eigenvalue weighted by Gasteiger charge is -2.14. The normalized spacial score (nSPS) is 11.5. The Hall–Kier alpha value is -2.37. The number of ether oxygens (including phenoxy) is 1. The van der Waals surface area contributed by atoms with Crippen LogP contribution >= 0.6 is 23.2 Å². The molecule has 1 atom stereocenters. The summed E-state index contributed by atoms with van der Waals surface area (Å²) in [5.41, 5.74) is 1.49. The number of amides is 1. The van der Waals surface area contributed by atoms with Gasteiger partial charge >= 0.3 is 5.97 Å². The number of esters is 1. The minimum absolute atomic E-state index is 0.0759. The molecular weight excluding hydrogens is 377 g/mol. The molecule has 2 aromatic rings. The number of hydrogen-bond acceptors (Lipinski definition) is 4. The number of rotatable bonds is 6. The summed E-state index contributed by atoms with van der Waals surface area (Å²) in [6, 6.07) is 11.3. The molecule has 0 fully saturated rings. The van der Waals surface area contributed by atoms with Crippen LogP contribution < -0.4 is 5.32 Å². The Morgan fingerprint density at radius 2 is 1.85 bits per heavy atom. The molecule has 0 aliphatic heterocycles. The SMILES string of the molecule is CC(=O)c1cccc(NC(=O)[C@@H](C)OC(=O)Cc2ccc(Cl)cc2Cl)c1. The molecule has 136 valence electrons. The van der Waals surface area contributed by atoms with Crippen molar-refractivity contribution in [1.29, 1.82) is 0 Å². The van der Waals surface area contributed by atoms with E-state index in [0.29, 0.717) is 26.9 Å². The maximum absolute atomic E-state index is 12.2. The maximum Gasteiger partial charge on any atom is 0.311 e. The molecule has 26 heavy (non-hydrogen) atoms. The van der Waals surface area contributed by atoms with Crippen LogP contribution in [0, 0.1) is 0 Å². The molecule has 0 aliphatic rings. The van der Waals surface area contributed by atoms with E-state index in [0.717, 1.165) is 0 Å². The van der Waals surface area contributed by atoms with Crippen LogP contribution in [0.4, 0.5) is 5.69 Å². The highest BCUT2D eigenvalue weighted by atomic mass is 35.5. The monoisotopic (exact) mass is 393 g/mol. The van der Waals surface area contributed by atoms with Gasteiger partial charge in [-0.15, -0.1) is 0 Å². The van der Waals surface area contributed by atoms with E-state index >= 15 is 0 Å². The van der Waals surface area contributed by atoms with Gasteiger partial charge in [0.05, 0.1) is 6.42 Å². The number of nitrogens with one attached hydrogen (secondary N) is 1. The van der Waals surface area contributed by atoms with Crippen molar-refractivity contribution in [2.24, 2.45) is 0 Å². The number of anilines is 1. The fourth-order valence-electron chi connectivity index (χ4n) is 2.17. The van der Waals surface area contributed by atoms with E-state index in [1.165, 1.54) is 19.9 Å². The first-order chi connectivity index (χ1) is 12.3. The molecule has 0 bridgehead atoms. The second-order valence-electron chi connectivity index (χ2n) is 5.67. The van der Waals surface area contributed by atoms with Gasteiger partial charge in [-0.25, -0.2) is 0 Å². The van der Waals surface area contributed by atoms with Crippen molar-refractivity contribution < 1.29 is 19.1 Å². The van der Waals surface area contributed by atoms with Crippen molar-refractivity contribution in [3.8, 4) is 0 Å². The summed E-state index contributed by atoms with van der Waals surface area (Å²) in [5.74, 6) is -1.20. The Bertz CT molecular complexity index is 851. The predicted octanol–water partition coefficient (Wildman–Crippen LogP) is 4.31. The number of carbonyl (C=O) groups is 3. The predicted molar refractivity (Wildman–Crippen MR) is 101 cm³/mol. The topological polar surface area (TPSA) is 72.5 Å². The highest BCUT2D eigenvalue weighted by Crippen LogP contribution is 2.21. The second-order valence-corrected chi connectivity index (χ2v) is 6.51. The number of halogens is 2. The number of carbonyl (C=O) groups excluding carboxylic acids is 3. The lowest BCUT2D eigenvalue weighted by molar-refractivity contribution is -0.152. The lowest BCUT2D eigenvalue weighted by Crippen LogP contribution is -2.30. The first-order valence-electron chi connectivity index (χ1n) is 7.81. The molecule has 2 aromatic carbocycles. The summed E-state index contributed by atoms with van der Waals surface area (Å²) in [4.78, 5) is 35.6. The second kappa shape index (κ2) is 8.83. The van der Waals surface area contributed by atoms with Gasteiger partial charge in [-0.05, 0) is 43.7 Å². The number of ketones is 1. The van der Waals surface area contributed by atoms with E-state index in [2.05, 4.69) is 5.32 Å². The Morgan fingerprint density at radius 3 is 2.50 bits per heavy atom. The summed E-state index contributed by atoms with van der Waals surface area (Å²) in [5, 5.41) is 3.43. The largest absolute Gasteiger partial charge is 0.452 e. The minimum atomic E-state index is -1.01. The van der Waals surface area contributed by atoms with Gasteiger partial charge < -0.3 is 10.1 Å². The molecule has 0 saturated carbocycles. The Morgan fingerprint density at radius 1 is 1.12 bits per heavy atom. The van der Waals surface area contributed by atoms with Crippen LogP contribution in [0.3, 0.4) is 0 Å². The van der Waals surface area contributed by atoms with E-state index in [4.69, 9.17) is 27.9 Å². The number of hydrogen-bond donors (Lipinski definition) is 1. The van der Waals surface area contributed by atoms with Crippen molar-refractivity contribution in [2.75, 3.05) is 5.32 Å². The first-order valence-corrected chi connectivity index (χ1v) is 8.57. The molecule has 1 amide bonds. The van der Waals surface area contributed by atoms with Crippen LogP contribution in [0.5, 0.6) is 0 Å². The Kier molecular flexibility index (Phi) is 6.77. The molecule has 0 saturated heterocycles. The van der Waals surface area contributed by atoms with Gasteiger partial charge in [0.1, 0.15) is 0 Å². The highest BCUT2D eigenvalue weighted by Gasteiger charge is 2.19. The summed E-state index contributed by atoms with van der Waals surface area (Å²) in [7, 11) is 0. The highest BCUT2D eigenvalue weighted by molar-refractivity contribution is 6.35. The number of Topliss-reactive ketones (excluding diaryl/α,β-unsaturated/α-hetero) is 1. The molecule has 2 rings (SSSR count). The van der Waals surface area contributed by atoms with Crippen LogP contribution in [0.1, 0.15) is 29.8 Å². The van der Waals surface area contributed by atoms with Gasteiger partial charge in [-0.1, -0.05) is 41.4 Å². The Labute approximate surface area is 161 Å². The molecule has 7 heteroatoms.